The maximum Gasteiger partial charge on any atom is 0.210 e. The second kappa shape index (κ2) is 4.76. The highest BCUT2D eigenvalue weighted by Gasteiger charge is 2.25. The quantitative estimate of drug-likeness (QED) is 0.767. The van der Waals surface area contributed by atoms with Crippen molar-refractivity contribution in [3.8, 4) is 0 Å². The number of carbonyl (C=O) groups is 1. The third kappa shape index (κ3) is 2.17. The highest BCUT2D eigenvalue weighted by molar-refractivity contribution is 8.00. The first-order valence-corrected chi connectivity index (χ1v) is 7.14. The van der Waals surface area contributed by atoms with Gasteiger partial charge in [-0.05, 0) is 42.9 Å². The molecule has 1 aliphatic heterocycles. The molecule has 18 heavy (non-hydrogen) atoms. The molecule has 2 aromatic rings. The third-order valence-electron chi connectivity index (χ3n) is 3.19. The molecule has 1 unspecified atom stereocenters. The number of Topliss-reactive ketones (excluding diaryl/α,β-unsaturated/α-hetero) is 1. The van der Waals surface area contributed by atoms with Crippen LogP contribution in [0.3, 0.4) is 0 Å². The fraction of sp³-hybridized carbons (Fsp3) is 0.357. The first kappa shape index (κ1) is 11.8. The summed E-state index contributed by atoms with van der Waals surface area (Å²) in [5.74, 6) is 1.12. The van der Waals surface area contributed by atoms with Crippen molar-refractivity contribution in [1.82, 2.24) is 0 Å². The van der Waals surface area contributed by atoms with E-state index in [0.29, 0.717) is 16.7 Å². The Kier molecular flexibility index (Phi) is 3.12. The molecule has 1 fully saturated rings. The van der Waals surface area contributed by atoms with Gasteiger partial charge in [-0.2, -0.15) is 11.8 Å². The molecule has 0 spiro atoms. The Morgan fingerprint density at radius 1 is 1.33 bits per heavy atom. The molecule has 1 saturated heterocycles. The topological polar surface area (TPSA) is 30.2 Å². The lowest BCUT2D eigenvalue weighted by molar-refractivity contribution is 0.0960. The summed E-state index contributed by atoms with van der Waals surface area (Å²) in [6, 6.07) is 5.95. The van der Waals surface area contributed by atoms with Crippen molar-refractivity contribution < 1.29 is 13.6 Å². The molecule has 2 nitrogen and oxygen atoms in total. The average Bonchev–Trinajstić information content (AvgIpc) is 2.81. The minimum atomic E-state index is -0.311. The lowest BCUT2D eigenvalue weighted by Gasteiger charge is -2.18. The van der Waals surface area contributed by atoms with Crippen LogP contribution in [0, 0.1) is 5.82 Å². The fourth-order valence-corrected chi connectivity index (χ4v) is 3.50. The molecule has 2 heterocycles. The number of fused-ring (bicyclic) bond motifs is 1. The van der Waals surface area contributed by atoms with Crippen LogP contribution >= 0.6 is 11.8 Å². The van der Waals surface area contributed by atoms with Crippen LogP contribution < -0.4 is 0 Å². The van der Waals surface area contributed by atoms with Crippen LogP contribution in [0.1, 0.15) is 29.8 Å². The van der Waals surface area contributed by atoms with E-state index in [1.165, 1.54) is 18.6 Å². The van der Waals surface area contributed by atoms with Crippen LogP contribution in [0.15, 0.2) is 28.7 Å². The minimum absolute atomic E-state index is 0.00385. The number of hydrogen-bond acceptors (Lipinski definition) is 3. The minimum Gasteiger partial charge on any atom is -0.453 e. The van der Waals surface area contributed by atoms with Gasteiger partial charge in [0.25, 0.3) is 0 Å². The zero-order valence-electron chi connectivity index (χ0n) is 9.82. The van der Waals surface area contributed by atoms with Crippen molar-refractivity contribution in [2.24, 2.45) is 0 Å². The highest BCUT2D eigenvalue weighted by Crippen LogP contribution is 2.30. The zero-order chi connectivity index (χ0) is 12.5. The summed E-state index contributed by atoms with van der Waals surface area (Å²) < 4.78 is 18.6. The van der Waals surface area contributed by atoms with E-state index in [1.54, 1.807) is 23.9 Å². The van der Waals surface area contributed by atoms with Crippen molar-refractivity contribution in [3.63, 3.8) is 0 Å². The molecule has 1 aromatic heterocycles. The van der Waals surface area contributed by atoms with E-state index in [9.17, 15) is 9.18 Å². The first-order valence-electron chi connectivity index (χ1n) is 6.09. The Morgan fingerprint density at radius 3 is 3.00 bits per heavy atom. The van der Waals surface area contributed by atoms with Gasteiger partial charge in [-0.3, -0.25) is 4.79 Å². The van der Waals surface area contributed by atoms with Crippen molar-refractivity contribution in [2.45, 2.75) is 24.5 Å². The lowest BCUT2D eigenvalue weighted by Crippen LogP contribution is -2.20. The van der Waals surface area contributed by atoms with Crippen molar-refractivity contribution in [1.29, 1.82) is 0 Å². The molecule has 1 aromatic carbocycles. The molecular formula is C14H13FO2S. The summed E-state index contributed by atoms with van der Waals surface area (Å²) in [6.07, 6.45) is 3.19. The molecule has 0 bridgehead atoms. The number of carbonyl (C=O) groups excluding carboxylic acids is 1. The molecule has 4 heteroatoms. The van der Waals surface area contributed by atoms with E-state index in [0.717, 1.165) is 18.6 Å². The van der Waals surface area contributed by atoms with Crippen LogP contribution in [-0.4, -0.2) is 16.8 Å². The summed E-state index contributed by atoms with van der Waals surface area (Å²) in [5, 5.41) is 0.656. The molecule has 1 aliphatic rings. The number of rotatable bonds is 2. The Hall–Kier alpha value is -1.29. The summed E-state index contributed by atoms with van der Waals surface area (Å²) in [6.45, 7) is 0. The molecule has 3 rings (SSSR count). The number of halogens is 1. The number of benzene rings is 1. The van der Waals surface area contributed by atoms with Gasteiger partial charge in [0.05, 0.1) is 5.25 Å². The molecule has 1 atom stereocenters. The van der Waals surface area contributed by atoms with Gasteiger partial charge in [0.2, 0.25) is 5.78 Å². The third-order valence-corrected chi connectivity index (χ3v) is 4.57. The molecule has 0 N–H and O–H groups in total. The largest absolute Gasteiger partial charge is 0.453 e. The first-order chi connectivity index (χ1) is 8.74. The monoisotopic (exact) mass is 264 g/mol. The molecular weight excluding hydrogens is 251 g/mol. The van der Waals surface area contributed by atoms with E-state index in [1.807, 2.05) is 0 Å². The Balaban J connectivity index is 1.91. The van der Waals surface area contributed by atoms with Gasteiger partial charge < -0.3 is 4.42 Å². The van der Waals surface area contributed by atoms with Crippen LogP contribution in [0.2, 0.25) is 0 Å². The summed E-state index contributed by atoms with van der Waals surface area (Å²) in [5.41, 5.74) is 0.570. The van der Waals surface area contributed by atoms with Crippen molar-refractivity contribution in [3.05, 3.63) is 35.8 Å². The number of furan rings is 1. The van der Waals surface area contributed by atoms with E-state index >= 15 is 0 Å². The van der Waals surface area contributed by atoms with Crippen molar-refractivity contribution in [2.75, 3.05) is 5.75 Å². The molecule has 0 aliphatic carbocycles. The van der Waals surface area contributed by atoms with Crippen molar-refractivity contribution >= 4 is 28.5 Å². The van der Waals surface area contributed by atoms with E-state index in [2.05, 4.69) is 0 Å². The molecule has 94 valence electrons. The van der Waals surface area contributed by atoms with Gasteiger partial charge in [-0.25, -0.2) is 4.39 Å². The lowest BCUT2D eigenvalue weighted by atomic mass is 10.1. The number of hydrogen-bond donors (Lipinski definition) is 0. The summed E-state index contributed by atoms with van der Waals surface area (Å²) in [7, 11) is 0. The maximum atomic E-state index is 13.1. The second-order valence-electron chi connectivity index (χ2n) is 4.51. The van der Waals surface area contributed by atoms with Gasteiger partial charge in [0.1, 0.15) is 11.4 Å². The summed E-state index contributed by atoms with van der Waals surface area (Å²) >= 11 is 1.70. The normalized spacial score (nSPS) is 20.2. The molecule has 0 radical (unpaired) electrons. The van der Waals surface area contributed by atoms with Gasteiger partial charge in [0, 0.05) is 5.39 Å². The van der Waals surface area contributed by atoms with E-state index in [4.69, 9.17) is 4.42 Å². The Morgan fingerprint density at radius 2 is 2.22 bits per heavy atom. The van der Waals surface area contributed by atoms with Gasteiger partial charge in [-0.1, -0.05) is 6.42 Å². The predicted octanol–water partition coefficient (Wildman–Crippen LogP) is 4.04. The average molecular weight is 264 g/mol. The smallest absolute Gasteiger partial charge is 0.210 e. The van der Waals surface area contributed by atoms with Crippen LogP contribution in [0.4, 0.5) is 4.39 Å². The van der Waals surface area contributed by atoms with Gasteiger partial charge in [-0.15, -0.1) is 0 Å². The molecule has 0 saturated carbocycles. The van der Waals surface area contributed by atoms with Crippen LogP contribution in [-0.2, 0) is 0 Å². The molecule has 0 amide bonds. The fourth-order valence-electron chi connectivity index (χ4n) is 2.24. The maximum absolute atomic E-state index is 13.1. The second-order valence-corrected chi connectivity index (χ2v) is 5.82. The Labute approximate surface area is 109 Å². The highest BCUT2D eigenvalue weighted by atomic mass is 32.2. The predicted molar refractivity (Wildman–Crippen MR) is 70.6 cm³/mol. The summed E-state index contributed by atoms with van der Waals surface area (Å²) in [4.78, 5) is 12.2. The van der Waals surface area contributed by atoms with Crippen LogP contribution in [0.5, 0.6) is 0 Å². The Bertz CT molecular complexity index is 584. The van der Waals surface area contributed by atoms with Gasteiger partial charge >= 0.3 is 0 Å². The number of thioether (sulfide) groups is 1. The van der Waals surface area contributed by atoms with E-state index < -0.39 is 0 Å². The standard InChI is InChI=1S/C14H13FO2S/c15-10-4-5-11-9(7-10)8-12(17-11)14(16)13-3-1-2-6-18-13/h4-5,7-8,13H,1-3,6H2. The number of ketones is 1. The zero-order valence-corrected chi connectivity index (χ0v) is 10.6. The van der Waals surface area contributed by atoms with Crippen LogP contribution in [0.25, 0.3) is 11.0 Å². The van der Waals surface area contributed by atoms with E-state index in [-0.39, 0.29) is 16.9 Å². The SMILES string of the molecule is O=C(c1cc2cc(F)ccc2o1)C1CCCCS1. The van der Waals surface area contributed by atoms with Gasteiger partial charge in [0.15, 0.2) is 5.76 Å².